The molecule has 35 heavy (non-hydrogen) atoms. The molecule has 0 aliphatic carbocycles. The fourth-order valence-corrected chi connectivity index (χ4v) is 4.34. The van der Waals surface area contributed by atoms with Crippen molar-refractivity contribution in [3.8, 4) is 23.0 Å². The van der Waals surface area contributed by atoms with E-state index in [0.29, 0.717) is 10.9 Å². The van der Waals surface area contributed by atoms with Gasteiger partial charge in [0, 0.05) is 22.1 Å². The SMILES string of the molecule is C/C=C/CCc1ccc(-c2ccc3cc(C#Cc4ccc(CCCCC)cc4)ccc3c2F)cc1. The summed E-state index contributed by atoms with van der Waals surface area (Å²) in [7, 11) is 0. The number of aryl methyl sites for hydroxylation is 2. The zero-order valence-corrected chi connectivity index (χ0v) is 20.8. The highest BCUT2D eigenvalue weighted by Crippen LogP contribution is 2.30. The second-order valence-electron chi connectivity index (χ2n) is 9.07. The molecule has 0 heterocycles. The topological polar surface area (TPSA) is 0 Å². The number of hydrogen-bond acceptors (Lipinski definition) is 0. The fourth-order valence-electron chi connectivity index (χ4n) is 4.34. The summed E-state index contributed by atoms with van der Waals surface area (Å²) < 4.78 is 15.4. The third-order valence-corrected chi connectivity index (χ3v) is 6.43. The van der Waals surface area contributed by atoms with E-state index in [-0.39, 0.29) is 5.82 Å². The van der Waals surface area contributed by atoms with Crippen LogP contribution >= 0.6 is 0 Å². The highest BCUT2D eigenvalue weighted by Gasteiger charge is 2.10. The lowest BCUT2D eigenvalue weighted by molar-refractivity contribution is 0.643. The Labute approximate surface area is 209 Å². The van der Waals surface area contributed by atoms with Crippen LogP contribution in [0.15, 0.2) is 91.0 Å². The second-order valence-corrected chi connectivity index (χ2v) is 9.07. The van der Waals surface area contributed by atoms with Crippen LogP contribution in [-0.4, -0.2) is 0 Å². The minimum atomic E-state index is -0.178. The largest absolute Gasteiger partial charge is 0.206 e. The first kappa shape index (κ1) is 24.5. The summed E-state index contributed by atoms with van der Waals surface area (Å²) in [5.74, 6) is 6.31. The molecule has 4 aromatic carbocycles. The van der Waals surface area contributed by atoms with Gasteiger partial charge in [0.1, 0.15) is 5.82 Å². The van der Waals surface area contributed by atoms with Crippen molar-refractivity contribution >= 4 is 10.8 Å². The van der Waals surface area contributed by atoms with Gasteiger partial charge in [-0.3, -0.25) is 0 Å². The van der Waals surface area contributed by atoms with Gasteiger partial charge in [-0.05, 0) is 78.9 Å². The molecule has 176 valence electrons. The van der Waals surface area contributed by atoms with Crippen LogP contribution in [0.2, 0.25) is 0 Å². The van der Waals surface area contributed by atoms with Crippen LogP contribution in [0.4, 0.5) is 4.39 Å². The summed E-state index contributed by atoms with van der Waals surface area (Å²) in [5, 5.41) is 1.49. The van der Waals surface area contributed by atoms with Crippen molar-refractivity contribution in [3.63, 3.8) is 0 Å². The van der Waals surface area contributed by atoms with E-state index in [0.717, 1.165) is 41.3 Å². The molecule has 0 N–H and O–H groups in total. The van der Waals surface area contributed by atoms with Gasteiger partial charge in [-0.15, -0.1) is 0 Å². The van der Waals surface area contributed by atoms with Gasteiger partial charge in [0.2, 0.25) is 0 Å². The van der Waals surface area contributed by atoms with Gasteiger partial charge in [-0.25, -0.2) is 4.39 Å². The molecule has 0 bridgehead atoms. The van der Waals surface area contributed by atoms with Gasteiger partial charge < -0.3 is 0 Å². The Morgan fingerprint density at radius 1 is 0.743 bits per heavy atom. The first-order valence-electron chi connectivity index (χ1n) is 12.7. The monoisotopic (exact) mass is 460 g/mol. The summed E-state index contributed by atoms with van der Waals surface area (Å²) in [4.78, 5) is 0. The smallest absolute Gasteiger partial charge is 0.138 e. The quantitative estimate of drug-likeness (QED) is 0.140. The average molecular weight is 461 g/mol. The zero-order chi connectivity index (χ0) is 24.5. The molecule has 4 rings (SSSR count). The molecular formula is C34H33F. The maximum absolute atomic E-state index is 15.4. The molecule has 0 radical (unpaired) electrons. The highest BCUT2D eigenvalue weighted by atomic mass is 19.1. The predicted molar refractivity (Wildman–Crippen MR) is 148 cm³/mol. The van der Waals surface area contributed by atoms with E-state index in [1.165, 1.54) is 30.4 Å². The van der Waals surface area contributed by atoms with Crippen molar-refractivity contribution in [1.29, 1.82) is 0 Å². The van der Waals surface area contributed by atoms with Crippen molar-refractivity contribution in [2.75, 3.05) is 0 Å². The van der Waals surface area contributed by atoms with E-state index >= 15 is 4.39 Å². The lowest BCUT2D eigenvalue weighted by Crippen LogP contribution is -1.89. The first-order valence-corrected chi connectivity index (χ1v) is 12.7. The average Bonchev–Trinajstić information content (AvgIpc) is 2.89. The predicted octanol–water partition coefficient (Wildman–Crippen LogP) is 9.29. The van der Waals surface area contributed by atoms with Crippen LogP contribution < -0.4 is 0 Å². The molecule has 0 saturated carbocycles. The number of halogens is 1. The summed E-state index contributed by atoms with van der Waals surface area (Å²) in [5.41, 5.74) is 6.06. The van der Waals surface area contributed by atoms with E-state index in [1.807, 2.05) is 49.4 Å². The molecule has 0 atom stereocenters. The van der Waals surface area contributed by atoms with Crippen molar-refractivity contribution in [1.82, 2.24) is 0 Å². The van der Waals surface area contributed by atoms with Gasteiger partial charge in [-0.2, -0.15) is 0 Å². The molecule has 0 spiro atoms. The standard InChI is InChI=1S/C34H33F/c1-3-5-7-9-26-11-13-28(14-12-26)15-16-29-19-23-33-31(25-29)22-24-32(34(33)35)30-20-17-27(18-21-30)10-8-6-4-2/h4,6,11-14,17-25H,3,5,7-10H2,1-2H3/b6-4+. The maximum atomic E-state index is 15.4. The van der Waals surface area contributed by atoms with Crippen molar-refractivity contribution in [2.45, 2.75) is 52.4 Å². The summed E-state index contributed by atoms with van der Waals surface area (Å²) in [6.07, 6.45) is 11.1. The van der Waals surface area contributed by atoms with Gasteiger partial charge in [0.15, 0.2) is 0 Å². The number of benzene rings is 4. The Hall–Kier alpha value is -3.63. The minimum absolute atomic E-state index is 0.178. The fraction of sp³-hybridized carbons (Fsp3) is 0.235. The normalized spacial score (nSPS) is 11.1. The van der Waals surface area contributed by atoms with Gasteiger partial charge in [0.25, 0.3) is 0 Å². The van der Waals surface area contributed by atoms with E-state index in [4.69, 9.17) is 0 Å². The molecule has 0 fully saturated rings. The van der Waals surface area contributed by atoms with E-state index in [1.54, 1.807) is 0 Å². The summed E-state index contributed by atoms with van der Waals surface area (Å²) >= 11 is 0. The molecule has 0 saturated heterocycles. The van der Waals surface area contributed by atoms with Gasteiger partial charge in [0.05, 0.1) is 0 Å². The Morgan fingerprint density at radius 3 is 2.17 bits per heavy atom. The van der Waals surface area contributed by atoms with Crippen LogP contribution in [0.1, 0.15) is 61.8 Å². The number of allylic oxidation sites excluding steroid dienone is 2. The van der Waals surface area contributed by atoms with E-state index in [2.05, 4.69) is 67.3 Å². The van der Waals surface area contributed by atoms with Crippen LogP contribution in [0.25, 0.3) is 21.9 Å². The third kappa shape index (κ3) is 6.49. The second kappa shape index (κ2) is 12.2. The van der Waals surface area contributed by atoms with Crippen molar-refractivity contribution < 1.29 is 4.39 Å². The molecule has 0 amide bonds. The highest BCUT2D eigenvalue weighted by molar-refractivity contribution is 5.89. The van der Waals surface area contributed by atoms with E-state index in [9.17, 15) is 0 Å². The lowest BCUT2D eigenvalue weighted by atomic mass is 9.97. The summed E-state index contributed by atoms with van der Waals surface area (Å²) in [6.45, 7) is 4.26. The number of rotatable bonds is 8. The third-order valence-electron chi connectivity index (χ3n) is 6.43. The van der Waals surface area contributed by atoms with E-state index < -0.39 is 0 Å². The van der Waals surface area contributed by atoms with Crippen molar-refractivity contribution in [2.24, 2.45) is 0 Å². The molecule has 0 unspecified atom stereocenters. The molecule has 4 aromatic rings. The molecular weight excluding hydrogens is 427 g/mol. The van der Waals surface area contributed by atoms with Crippen LogP contribution in [0.3, 0.4) is 0 Å². The Morgan fingerprint density at radius 2 is 1.43 bits per heavy atom. The zero-order valence-electron chi connectivity index (χ0n) is 20.8. The number of hydrogen-bond donors (Lipinski definition) is 0. The van der Waals surface area contributed by atoms with Gasteiger partial charge in [-0.1, -0.05) is 98.4 Å². The maximum Gasteiger partial charge on any atom is 0.138 e. The first-order chi connectivity index (χ1) is 17.2. The van der Waals surface area contributed by atoms with Crippen molar-refractivity contribution in [3.05, 3.63) is 119 Å². The van der Waals surface area contributed by atoms with Crippen LogP contribution in [-0.2, 0) is 12.8 Å². The lowest BCUT2D eigenvalue weighted by Gasteiger charge is -2.08. The summed E-state index contributed by atoms with van der Waals surface area (Å²) in [6, 6.07) is 26.3. The van der Waals surface area contributed by atoms with Crippen LogP contribution in [0.5, 0.6) is 0 Å². The molecule has 1 heteroatoms. The van der Waals surface area contributed by atoms with Crippen LogP contribution in [0, 0.1) is 17.7 Å². The van der Waals surface area contributed by atoms with Gasteiger partial charge >= 0.3 is 0 Å². The number of unbranched alkanes of at least 4 members (excludes halogenated alkanes) is 2. The Kier molecular flexibility index (Phi) is 8.53. The molecule has 0 aliphatic heterocycles. The molecule has 0 aliphatic rings. The Balaban J connectivity index is 1.50. The Bertz CT molecular complexity index is 1350. The number of fused-ring (bicyclic) bond motifs is 1. The minimum Gasteiger partial charge on any atom is -0.206 e. The molecule has 0 aromatic heterocycles. The molecule has 0 nitrogen and oxygen atoms in total.